The van der Waals surface area contributed by atoms with Crippen LogP contribution in [0.25, 0.3) is 11.0 Å². The van der Waals surface area contributed by atoms with Crippen LogP contribution in [0.3, 0.4) is 0 Å². The Labute approximate surface area is 149 Å². The van der Waals surface area contributed by atoms with Gasteiger partial charge >= 0.3 is 0 Å². The highest BCUT2D eigenvalue weighted by molar-refractivity contribution is 5.97. The number of fused-ring (bicyclic) bond motifs is 1. The lowest BCUT2D eigenvalue weighted by molar-refractivity contribution is 0.0704. The summed E-state index contributed by atoms with van der Waals surface area (Å²) in [7, 11) is 0. The first-order valence-corrected chi connectivity index (χ1v) is 9.58. The summed E-state index contributed by atoms with van der Waals surface area (Å²) in [6, 6.07) is 6.23. The van der Waals surface area contributed by atoms with Crippen LogP contribution < -0.4 is 0 Å². The molecule has 5 heteroatoms. The Kier molecular flexibility index (Phi) is 4.50. The highest BCUT2D eigenvalue weighted by Gasteiger charge is 2.33. The number of hydrogen-bond acceptors (Lipinski definition) is 3. The minimum absolute atomic E-state index is 0.149. The zero-order chi connectivity index (χ0) is 17.4. The Morgan fingerprint density at radius 1 is 1.32 bits per heavy atom. The van der Waals surface area contributed by atoms with Gasteiger partial charge in [0.25, 0.3) is 5.91 Å². The van der Waals surface area contributed by atoms with E-state index in [2.05, 4.69) is 33.6 Å². The lowest BCUT2D eigenvalue weighted by Crippen LogP contribution is -2.46. The van der Waals surface area contributed by atoms with Crippen molar-refractivity contribution in [2.75, 3.05) is 26.2 Å². The van der Waals surface area contributed by atoms with Gasteiger partial charge in [-0.1, -0.05) is 13.8 Å². The average Bonchev–Trinajstić information content (AvgIpc) is 3.34. The topological polar surface area (TPSA) is 52.2 Å². The summed E-state index contributed by atoms with van der Waals surface area (Å²) in [5.41, 5.74) is 2.59. The molecule has 2 aliphatic rings. The number of nitrogens with zero attached hydrogens (tertiary/aromatic N) is 3. The van der Waals surface area contributed by atoms with E-state index in [0.29, 0.717) is 12.0 Å². The number of imidazole rings is 1. The molecule has 1 saturated carbocycles. The van der Waals surface area contributed by atoms with Crippen molar-refractivity contribution in [2.45, 2.75) is 39.2 Å². The maximum atomic E-state index is 13.1. The quantitative estimate of drug-likeness (QED) is 0.930. The first kappa shape index (κ1) is 16.6. The maximum absolute atomic E-state index is 13.1. The van der Waals surface area contributed by atoms with Crippen molar-refractivity contribution in [3.8, 4) is 0 Å². The number of aromatic amines is 1. The minimum atomic E-state index is 0.149. The predicted molar refractivity (Wildman–Crippen MR) is 99.5 cm³/mol. The fourth-order valence-electron chi connectivity index (χ4n) is 3.99. The molecule has 1 saturated heterocycles. The number of H-pyrrole nitrogens is 1. The highest BCUT2D eigenvalue weighted by atomic mass is 16.2. The molecule has 0 spiro atoms. The van der Waals surface area contributed by atoms with Crippen molar-refractivity contribution in [3.05, 3.63) is 30.1 Å². The fraction of sp³-hybridized carbons (Fsp3) is 0.600. The molecule has 0 bridgehead atoms. The van der Waals surface area contributed by atoms with E-state index in [0.717, 1.165) is 48.6 Å². The van der Waals surface area contributed by atoms with Crippen molar-refractivity contribution in [3.63, 3.8) is 0 Å². The van der Waals surface area contributed by atoms with Crippen LogP contribution in [-0.4, -0.2) is 57.9 Å². The molecule has 1 aromatic carbocycles. The summed E-state index contributed by atoms with van der Waals surface area (Å²) in [5, 5.41) is 0. The second-order valence-electron chi connectivity index (χ2n) is 7.99. The van der Waals surface area contributed by atoms with Gasteiger partial charge in [-0.05, 0) is 49.3 Å². The number of rotatable bonds is 4. The van der Waals surface area contributed by atoms with Crippen molar-refractivity contribution in [1.82, 2.24) is 19.8 Å². The van der Waals surface area contributed by atoms with Gasteiger partial charge in [0.05, 0.1) is 17.4 Å². The largest absolute Gasteiger partial charge is 0.345 e. The molecule has 134 valence electrons. The Balaban J connectivity index is 1.52. The summed E-state index contributed by atoms with van der Waals surface area (Å²) in [5.74, 6) is 1.60. The molecule has 0 radical (unpaired) electrons. The Morgan fingerprint density at radius 3 is 2.92 bits per heavy atom. The monoisotopic (exact) mass is 340 g/mol. The lowest BCUT2D eigenvalue weighted by atomic mass is 10.0. The third-order valence-electron chi connectivity index (χ3n) is 5.66. The van der Waals surface area contributed by atoms with Crippen LogP contribution in [0.2, 0.25) is 0 Å². The van der Waals surface area contributed by atoms with E-state index in [-0.39, 0.29) is 5.91 Å². The van der Waals surface area contributed by atoms with Crippen LogP contribution in [0.4, 0.5) is 0 Å². The maximum Gasteiger partial charge on any atom is 0.253 e. The standard InChI is InChI=1S/C20H28N4O/c1-14(2)19-12-24(9-3-8-23(19)11-15-4-5-15)20(25)16-6-7-17-18(10-16)22-13-21-17/h6-7,10,13-15,19H,3-5,8-9,11-12H2,1-2H3,(H,21,22)/t19-/m0/s1. The molecule has 2 heterocycles. The lowest BCUT2D eigenvalue weighted by Gasteiger charge is -2.34. The van der Waals surface area contributed by atoms with E-state index in [1.165, 1.54) is 19.4 Å². The highest BCUT2D eigenvalue weighted by Crippen LogP contribution is 2.32. The number of nitrogens with one attached hydrogen (secondary N) is 1. The predicted octanol–water partition coefficient (Wildman–Crippen LogP) is 3.15. The van der Waals surface area contributed by atoms with Crippen LogP contribution >= 0.6 is 0 Å². The number of carbonyl (C=O) groups excluding carboxylic acids is 1. The van der Waals surface area contributed by atoms with Gasteiger partial charge in [0.15, 0.2) is 0 Å². The molecule has 1 aliphatic carbocycles. The molecular weight excluding hydrogens is 312 g/mol. The third kappa shape index (κ3) is 3.56. The molecule has 25 heavy (non-hydrogen) atoms. The Hall–Kier alpha value is -1.88. The van der Waals surface area contributed by atoms with Gasteiger partial charge in [-0.15, -0.1) is 0 Å². The van der Waals surface area contributed by atoms with Crippen LogP contribution in [0.5, 0.6) is 0 Å². The normalized spacial score (nSPS) is 22.5. The minimum Gasteiger partial charge on any atom is -0.345 e. The van der Waals surface area contributed by atoms with Crippen LogP contribution in [0.1, 0.15) is 43.5 Å². The fourth-order valence-corrected chi connectivity index (χ4v) is 3.99. The van der Waals surface area contributed by atoms with Crippen molar-refractivity contribution in [1.29, 1.82) is 0 Å². The molecule has 4 rings (SSSR count). The molecule has 1 N–H and O–H groups in total. The summed E-state index contributed by atoms with van der Waals surface area (Å²) in [6.45, 7) is 8.59. The van der Waals surface area contributed by atoms with E-state index < -0.39 is 0 Å². The number of amides is 1. The van der Waals surface area contributed by atoms with Gasteiger partial charge in [-0.3, -0.25) is 9.69 Å². The zero-order valence-corrected chi connectivity index (χ0v) is 15.2. The second-order valence-corrected chi connectivity index (χ2v) is 7.99. The third-order valence-corrected chi connectivity index (χ3v) is 5.66. The molecule has 2 aromatic rings. The van der Waals surface area contributed by atoms with Crippen molar-refractivity contribution >= 4 is 16.9 Å². The van der Waals surface area contributed by atoms with E-state index in [1.807, 2.05) is 18.2 Å². The number of benzene rings is 1. The van der Waals surface area contributed by atoms with Gasteiger partial charge < -0.3 is 9.88 Å². The number of aromatic nitrogens is 2. The van der Waals surface area contributed by atoms with Crippen LogP contribution in [0, 0.1) is 11.8 Å². The summed E-state index contributed by atoms with van der Waals surface area (Å²) in [6.07, 6.45) is 5.51. The molecule has 1 aliphatic heterocycles. The summed E-state index contributed by atoms with van der Waals surface area (Å²) in [4.78, 5) is 25.2. The molecule has 0 unspecified atom stereocenters. The van der Waals surface area contributed by atoms with Gasteiger partial charge in [0.2, 0.25) is 0 Å². The van der Waals surface area contributed by atoms with E-state index in [1.54, 1.807) is 6.33 Å². The smallest absolute Gasteiger partial charge is 0.253 e. The summed E-state index contributed by atoms with van der Waals surface area (Å²) >= 11 is 0. The van der Waals surface area contributed by atoms with Gasteiger partial charge in [-0.25, -0.2) is 4.98 Å². The van der Waals surface area contributed by atoms with Crippen molar-refractivity contribution in [2.24, 2.45) is 11.8 Å². The van der Waals surface area contributed by atoms with E-state index in [9.17, 15) is 4.79 Å². The molecule has 1 amide bonds. The van der Waals surface area contributed by atoms with Crippen LogP contribution in [-0.2, 0) is 0 Å². The number of carbonyl (C=O) groups is 1. The van der Waals surface area contributed by atoms with Gasteiger partial charge in [-0.2, -0.15) is 0 Å². The molecule has 5 nitrogen and oxygen atoms in total. The van der Waals surface area contributed by atoms with Gasteiger partial charge in [0.1, 0.15) is 0 Å². The Morgan fingerprint density at radius 2 is 2.16 bits per heavy atom. The summed E-state index contributed by atoms with van der Waals surface area (Å²) < 4.78 is 0. The first-order chi connectivity index (χ1) is 12.1. The molecular formula is C20H28N4O. The van der Waals surface area contributed by atoms with Gasteiger partial charge in [0, 0.05) is 37.8 Å². The van der Waals surface area contributed by atoms with E-state index >= 15 is 0 Å². The average molecular weight is 340 g/mol. The molecule has 1 atom stereocenters. The van der Waals surface area contributed by atoms with Crippen molar-refractivity contribution < 1.29 is 4.79 Å². The van der Waals surface area contributed by atoms with E-state index in [4.69, 9.17) is 0 Å². The second kappa shape index (κ2) is 6.79. The molecule has 2 fully saturated rings. The first-order valence-electron chi connectivity index (χ1n) is 9.58. The number of hydrogen-bond donors (Lipinski definition) is 1. The molecule has 1 aromatic heterocycles. The Bertz CT molecular complexity index is 749. The van der Waals surface area contributed by atoms with Crippen LogP contribution in [0.15, 0.2) is 24.5 Å². The SMILES string of the molecule is CC(C)[C@@H]1CN(C(=O)c2ccc3nc[nH]c3c2)CCCN1CC1CC1. The zero-order valence-electron chi connectivity index (χ0n) is 15.2.